The zero-order valence-electron chi connectivity index (χ0n) is 20.6. The summed E-state index contributed by atoms with van der Waals surface area (Å²) in [5, 5.41) is 10.9. The molecule has 6 nitrogen and oxygen atoms in total. The van der Waals surface area contributed by atoms with Crippen LogP contribution in [0.3, 0.4) is 0 Å². The highest BCUT2D eigenvalue weighted by atomic mass is 16.5. The van der Waals surface area contributed by atoms with Crippen LogP contribution in [0.2, 0.25) is 0 Å². The molecule has 6 heteroatoms. The van der Waals surface area contributed by atoms with E-state index in [1.54, 1.807) is 0 Å². The van der Waals surface area contributed by atoms with Gasteiger partial charge in [-0.05, 0) is 67.4 Å². The Hall–Kier alpha value is -4.45. The third-order valence-electron chi connectivity index (χ3n) is 5.84. The lowest BCUT2D eigenvalue weighted by molar-refractivity contribution is -0.114. The Labute approximate surface area is 211 Å². The van der Waals surface area contributed by atoms with Crippen LogP contribution in [0, 0.1) is 5.92 Å². The molecule has 5 rings (SSSR count). The molecule has 0 atom stereocenters. The van der Waals surface area contributed by atoms with E-state index in [0.29, 0.717) is 23.8 Å². The molecular weight excluding hydrogens is 448 g/mol. The van der Waals surface area contributed by atoms with E-state index in [4.69, 9.17) is 9.84 Å². The minimum atomic E-state index is -0.158. The molecule has 2 heterocycles. The first kappa shape index (κ1) is 23.3. The second-order valence-electron chi connectivity index (χ2n) is 9.14. The van der Waals surface area contributed by atoms with E-state index < -0.39 is 0 Å². The number of carbonyl (C=O) groups excluding carboxylic acids is 1. The fourth-order valence-corrected chi connectivity index (χ4v) is 3.99. The fourth-order valence-electron chi connectivity index (χ4n) is 3.99. The Morgan fingerprint density at radius 3 is 2.17 bits per heavy atom. The minimum absolute atomic E-state index is 0.158. The van der Waals surface area contributed by atoms with Crippen LogP contribution in [0.1, 0.15) is 26.3 Å². The monoisotopic (exact) mass is 476 g/mol. The Kier molecular flexibility index (Phi) is 6.50. The molecular formula is C30H28N4O2. The van der Waals surface area contributed by atoms with E-state index in [2.05, 4.69) is 18.9 Å². The molecule has 3 aromatic carbocycles. The van der Waals surface area contributed by atoms with Gasteiger partial charge in [-0.3, -0.25) is 4.79 Å². The number of hydrogen-bond donors (Lipinski definition) is 0. The Balaban J connectivity index is 1.53. The molecule has 0 saturated carbocycles. The van der Waals surface area contributed by atoms with Crippen molar-refractivity contribution in [3.8, 4) is 22.7 Å². The van der Waals surface area contributed by atoms with Crippen molar-refractivity contribution < 1.29 is 9.53 Å². The van der Waals surface area contributed by atoms with E-state index in [-0.39, 0.29) is 5.91 Å². The van der Waals surface area contributed by atoms with Gasteiger partial charge in [0.25, 0.3) is 5.91 Å². The Morgan fingerprint density at radius 1 is 0.889 bits per heavy atom. The number of nitrogens with zero attached hydrogens (tertiary/aromatic N) is 4. The molecule has 0 bridgehead atoms. The smallest absolute Gasteiger partial charge is 0.280 e. The number of hydrogen-bond acceptors (Lipinski definition) is 4. The van der Waals surface area contributed by atoms with Gasteiger partial charge in [0.1, 0.15) is 5.75 Å². The molecule has 1 amide bonds. The largest absolute Gasteiger partial charge is 0.493 e. The van der Waals surface area contributed by atoms with E-state index in [1.807, 2.05) is 109 Å². The van der Waals surface area contributed by atoms with Gasteiger partial charge in [-0.25, -0.2) is 4.68 Å². The van der Waals surface area contributed by atoms with E-state index in [1.165, 1.54) is 5.01 Å². The lowest BCUT2D eigenvalue weighted by Crippen LogP contribution is -2.21. The molecule has 1 aliphatic heterocycles. The van der Waals surface area contributed by atoms with Crippen LogP contribution >= 0.6 is 0 Å². The average molecular weight is 477 g/mol. The van der Waals surface area contributed by atoms with Crippen molar-refractivity contribution in [2.75, 3.05) is 11.6 Å². The van der Waals surface area contributed by atoms with Gasteiger partial charge in [0, 0.05) is 17.3 Å². The van der Waals surface area contributed by atoms with Crippen LogP contribution in [0.25, 0.3) is 23.0 Å². The van der Waals surface area contributed by atoms with Gasteiger partial charge in [-0.1, -0.05) is 50.2 Å². The highest BCUT2D eigenvalue weighted by molar-refractivity contribution is 6.32. The number of hydrazone groups is 1. The van der Waals surface area contributed by atoms with Crippen molar-refractivity contribution in [2.45, 2.75) is 20.8 Å². The van der Waals surface area contributed by atoms with Crippen LogP contribution in [0.5, 0.6) is 5.75 Å². The second kappa shape index (κ2) is 10.0. The number of para-hydroxylation sites is 2. The Bertz CT molecular complexity index is 1420. The zero-order valence-corrected chi connectivity index (χ0v) is 20.6. The van der Waals surface area contributed by atoms with Crippen molar-refractivity contribution in [1.29, 1.82) is 0 Å². The van der Waals surface area contributed by atoms with Gasteiger partial charge in [0.05, 0.1) is 35.0 Å². The Morgan fingerprint density at radius 2 is 1.53 bits per heavy atom. The summed E-state index contributed by atoms with van der Waals surface area (Å²) in [5.41, 5.74) is 5.44. The lowest BCUT2D eigenvalue weighted by Gasteiger charge is -2.11. The maximum Gasteiger partial charge on any atom is 0.280 e. The first-order chi connectivity index (χ1) is 17.5. The summed E-state index contributed by atoms with van der Waals surface area (Å²) in [7, 11) is 0. The standard InChI is InChI=1S/C30H28N4O2/c1-21(2)20-36-27-16-14-23(15-17-27)29-24(19-33(32-29)25-10-6-4-7-11-25)18-28-22(3)31-34(30(28)35)26-12-8-5-9-13-26/h4-19,21H,20H2,1-3H3. The van der Waals surface area contributed by atoms with Crippen LogP contribution < -0.4 is 9.75 Å². The number of benzene rings is 3. The van der Waals surface area contributed by atoms with Crippen molar-refractivity contribution in [2.24, 2.45) is 11.0 Å². The maximum atomic E-state index is 13.3. The SMILES string of the molecule is CC1=NN(c2ccccc2)C(=O)C1=Cc1cn(-c2ccccc2)nc1-c1ccc(OCC(C)C)cc1. The van der Waals surface area contributed by atoms with Gasteiger partial charge in [-0.2, -0.15) is 15.2 Å². The minimum Gasteiger partial charge on any atom is -0.493 e. The molecule has 4 aromatic rings. The number of aromatic nitrogens is 2. The predicted octanol–water partition coefficient (Wildman–Crippen LogP) is 6.38. The van der Waals surface area contributed by atoms with Crippen molar-refractivity contribution in [1.82, 2.24) is 9.78 Å². The van der Waals surface area contributed by atoms with Gasteiger partial charge in [-0.15, -0.1) is 0 Å². The van der Waals surface area contributed by atoms with Gasteiger partial charge in [0.15, 0.2) is 0 Å². The summed E-state index contributed by atoms with van der Waals surface area (Å²) in [6, 6.07) is 27.3. The fraction of sp³-hybridized carbons (Fsp3) is 0.167. The quantitative estimate of drug-likeness (QED) is 0.291. The number of rotatable bonds is 7. The van der Waals surface area contributed by atoms with Crippen molar-refractivity contribution >= 4 is 23.4 Å². The van der Waals surface area contributed by atoms with Crippen LogP contribution in [-0.2, 0) is 4.79 Å². The number of anilines is 1. The van der Waals surface area contributed by atoms with Gasteiger partial charge < -0.3 is 4.74 Å². The first-order valence-electron chi connectivity index (χ1n) is 12.0. The highest BCUT2D eigenvalue weighted by Crippen LogP contribution is 2.30. The van der Waals surface area contributed by atoms with Crippen molar-refractivity contribution in [3.63, 3.8) is 0 Å². The molecule has 36 heavy (non-hydrogen) atoms. The molecule has 0 fully saturated rings. The number of ether oxygens (including phenoxy) is 1. The molecule has 0 aliphatic carbocycles. The molecule has 180 valence electrons. The zero-order chi connectivity index (χ0) is 25.1. The summed E-state index contributed by atoms with van der Waals surface area (Å²) in [5.74, 6) is 1.12. The second-order valence-corrected chi connectivity index (χ2v) is 9.14. The normalized spacial score (nSPS) is 14.6. The predicted molar refractivity (Wildman–Crippen MR) is 144 cm³/mol. The molecule has 0 spiro atoms. The van der Waals surface area contributed by atoms with Crippen molar-refractivity contribution in [3.05, 3.63) is 102 Å². The van der Waals surface area contributed by atoms with Crippen LogP contribution in [0.4, 0.5) is 5.69 Å². The van der Waals surface area contributed by atoms with E-state index in [0.717, 1.165) is 33.9 Å². The third kappa shape index (κ3) is 4.84. The summed E-state index contributed by atoms with van der Waals surface area (Å²) >= 11 is 0. The molecule has 0 unspecified atom stereocenters. The maximum absolute atomic E-state index is 13.3. The van der Waals surface area contributed by atoms with E-state index in [9.17, 15) is 4.79 Å². The number of carbonyl (C=O) groups is 1. The van der Waals surface area contributed by atoms with Crippen LogP contribution in [-0.4, -0.2) is 28.0 Å². The molecule has 0 radical (unpaired) electrons. The summed E-state index contributed by atoms with van der Waals surface area (Å²) < 4.78 is 7.69. The third-order valence-corrected chi connectivity index (χ3v) is 5.84. The summed E-state index contributed by atoms with van der Waals surface area (Å²) in [6.07, 6.45) is 3.83. The molecule has 0 N–H and O–H groups in total. The van der Waals surface area contributed by atoms with E-state index >= 15 is 0 Å². The summed E-state index contributed by atoms with van der Waals surface area (Å²) in [4.78, 5) is 13.3. The topological polar surface area (TPSA) is 59.7 Å². The summed E-state index contributed by atoms with van der Waals surface area (Å²) in [6.45, 7) is 6.77. The highest BCUT2D eigenvalue weighted by Gasteiger charge is 2.29. The van der Waals surface area contributed by atoms with Gasteiger partial charge in [0.2, 0.25) is 0 Å². The number of amides is 1. The lowest BCUT2D eigenvalue weighted by atomic mass is 10.0. The molecule has 0 saturated heterocycles. The first-order valence-corrected chi connectivity index (χ1v) is 12.0. The molecule has 1 aliphatic rings. The molecule has 1 aromatic heterocycles. The van der Waals surface area contributed by atoms with Gasteiger partial charge >= 0.3 is 0 Å². The average Bonchev–Trinajstić information content (AvgIpc) is 3.45. The van der Waals surface area contributed by atoms with Crippen LogP contribution in [0.15, 0.2) is 102 Å².